The van der Waals surface area contributed by atoms with E-state index in [0.717, 1.165) is 6.42 Å². The molecule has 1 aromatic rings. The smallest absolute Gasteiger partial charge is 0.0131 e. The van der Waals surface area contributed by atoms with E-state index >= 15 is 0 Å². The molecule has 0 radical (unpaired) electrons. The maximum absolute atomic E-state index is 2.28. The Hall–Kier alpha value is -0.300. The molecule has 1 heteroatoms. The average Bonchev–Trinajstić information content (AvgIpc) is 2.31. The standard InChI is InChI=1S/C10H16S/c1-5-8-6-7-11-9(8)10(2,3)4/h6-7H,5H2,1-4H3. The molecule has 0 aliphatic carbocycles. The fourth-order valence-corrected chi connectivity index (χ4v) is 2.36. The zero-order chi connectivity index (χ0) is 8.48. The third-order valence-corrected chi connectivity index (χ3v) is 3.19. The Bertz CT molecular complexity index is 227. The van der Waals surface area contributed by atoms with Crippen LogP contribution in [0.5, 0.6) is 0 Å². The van der Waals surface area contributed by atoms with Gasteiger partial charge in [-0.05, 0) is 28.8 Å². The molecule has 0 N–H and O–H groups in total. The minimum atomic E-state index is 0.333. The summed E-state index contributed by atoms with van der Waals surface area (Å²) in [6.45, 7) is 9.05. The Morgan fingerprint density at radius 3 is 2.36 bits per heavy atom. The summed E-state index contributed by atoms with van der Waals surface area (Å²) in [5, 5.41) is 2.19. The molecule has 0 saturated carbocycles. The molecule has 1 aromatic heterocycles. The second-order valence-corrected chi connectivity index (χ2v) is 4.79. The molecule has 0 atom stereocenters. The van der Waals surface area contributed by atoms with Gasteiger partial charge in [0, 0.05) is 4.88 Å². The van der Waals surface area contributed by atoms with Crippen molar-refractivity contribution in [1.29, 1.82) is 0 Å². The largest absolute Gasteiger partial charge is 0.148 e. The molecule has 0 aliphatic rings. The molecule has 0 aromatic carbocycles. The number of aryl methyl sites for hydroxylation is 1. The number of hydrogen-bond acceptors (Lipinski definition) is 1. The fraction of sp³-hybridized carbons (Fsp3) is 0.600. The summed E-state index contributed by atoms with van der Waals surface area (Å²) < 4.78 is 0. The van der Waals surface area contributed by atoms with Gasteiger partial charge in [0.25, 0.3) is 0 Å². The van der Waals surface area contributed by atoms with Crippen LogP contribution in [0, 0.1) is 0 Å². The van der Waals surface area contributed by atoms with Crippen LogP contribution < -0.4 is 0 Å². The van der Waals surface area contributed by atoms with E-state index in [-0.39, 0.29) is 0 Å². The topological polar surface area (TPSA) is 0 Å². The highest BCUT2D eigenvalue weighted by atomic mass is 32.1. The number of thiophene rings is 1. The molecule has 62 valence electrons. The first-order chi connectivity index (χ1) is 5.05. The molecular formula is C10H16S. The van der Waals surface area contributed by atoms with Gasteiger partial charge in [0.2, 0.25) is 0 Å². The van der Waals surface area contributed by atoms with Crippen LogP contribution in [0.2, 0.25) is 0 Å². The van der Waals surface area contributed by atoms with Gasteiger partial charge in [-0.25, -0.2) is 0 Å². The molecule has 0 aliphatic heterocycles. The lowest BCUT2D eigenvalue weighted by Gasteiger charge is -2.18. The van der Waals surface area contributed by atoms with Crippen LogP contribution in [0.25, 0.3) is 0 Å². The second-order valence-electron chi connectivity index (χ2n) is 3.88. The van der Waals surface area contributed by atoms with Gasteiger partial charge in [-0.3, -0.25) is 0 Å². The highest BCUT2D eigenvalue weighted by Crippen LogP contribution is 2.30. The monoisotopic (exact) mass is 168 g/mol. The maximum Gasteiger partial charge on any atom is 0.0131 e. The minimum Gasteiger partial charge on any atom is -0.148 e. The van der Waals surface area contributed by atoms with Gasteiger partial charge in [0.05, 0.1) is 0 Å². The zero-order valence-corrected chi connectivity index (χ0v) is 8.59. The van der Waals surface area contributed by atoms with Crippen molar-refractivity contribution in [3.05, 3.63) is 21.9 Å². The van der Waals surface area contributed by atoms with Crippen LogP contribution >= 0.6 is 11.3 Å². The van der Waals surface area contributed by atoms with Crippen LogP contribution in [0.3, 0.4) is 0 Å². The van der Waals surface area contributed by atoms with Crippen molar-refractivity contribution in [2.24, 2.45) is 0 Å². The average molecular weight is 168 g/mol. The molecule has 0 amide bonds. The molecule has 0 saturated heterocycles. The third-order valence-electron chi connectivity index (χ3n) is 1.81. The molecule has 0 fully saturated rings. The quantitative estimate of drug-likeness (QED) is 0.601. The summed E-state index contributed by atoms with van der Waals surface area (Å²) in [7, 11) is 0. The summed E-state index contributed by atoms with van der Waals surface area (Å²) in [6.07, 6.45) is 1.16. The first-order valence-corrected chi connectivity index (χ1v) is 5.00. The van der Waals surface area contributed by atoms with Crippen molar-refractivity contribution in [3.8, 4) is 0 Å². The highest BCUT2D eigenvalue weighted by molar-refractivity contribution is 7.10. The lowest BCUT2D eigenvalue weighted by Crippen LogP contribution is -2.10. The predicted octanol–water partition coefficient (Wildman–Crippen LogP) is 3.61. The van der Waals surface area contributed by atoms with Gasteiger partial charge < -0.3 is 0 Å². The van der Waals surface area contributed by atoms with Crippen molar-refractivity contribution in [2.75, 3.05) is 0 Å². The summed E-state index contributed by atoms with van der Waals surface area (Å²) in [4.78, 5) is 1.54. The first kappa shape index (κ1) is 8.79. The molecule has 0 bridgehead atoms. The normalized spacial score (nSPS) is 12.0. The minimum absolute atomic E-state index is 0.333. The van der Waals surface area contributed by atoms with Crippen molar-refractivity contribution < 1.29 is 0 Å². The zero-order valence-electron chi connectivity index (χ0n) is 7.77. The van der Waals surface area contributed by atoms with Crippen LogP contribution in [0.15, 0.2) is 11.4 Å². The SMILES string of the molecule is CCc1ccsc1C(C)(C)C. The molecule has 0 unspecified atom stereocenters. The van der Waals surface area contributed by atoms with Crippen LogP contribution in [-0.2, 0) is 11.8 Å². The van der Waals surface area contributed by atoms with Gasteiger partial charge in [-0.2, -0.15) is 0 Å². The Balaban J connectivity index is 3.02. The van der Waals surface area contributed by atoms with Crippen molar-refractivity contribution in [2.45, 2.75) is 39.5 Å². The Morgan fingerprint density at radius 2 is 2.00 bits per heavy atom. The van der Waals surface area contributed by atoms with E-state index in [1.54, 1.807) is 4.88 Å². The first-order valence-electron chi connectivity index (χ1n) is 4.12. The maximum atomic E-state index is 2.28. The molecule has 0 nitrogen and oxygen atoms in total. The van der Waals surface area contributed by atoms with E-state index in [1.807, 2.05) is 11.3 Å². The van der Waals surface area contributed by atoms with Gasteiger partial charge in [-0.15, -0.1) is 11.3 Å². The van der Waals surface area contributed by atoms with Crippen LogP contribution in [0.1, 0.15) is 38.1 Å². The van der Waals surface area contributed by atoms with Crippen molar-refractivity contribution >= 4 is 11.3 Å². The summed E-state index contributed by atoms with van der Waals surface area (Å²) in [5.74, 6) is 0. The molecule has 0 spiro atoms. The van der Waals surface area contributed by atoms with Crippen molar-refractivity contribution in [3.63, 3.8) is 0 Å². The predicted molar refractivity (Wildman–Crippen MR) is 52.4 cm³/mol. The molecule has 1 rings (SSSR count). The van der Waals surface area contributed by atoms with E-state index in [2.05, 4.69) is 39.1 Å². The number of rotatable bonds is 1. The molecular weight excluding hydrogens is 152 g/mol. The van der Waals surface area contributed by atoms with Gasteiger partial charge in [0.15, 0.2) is 0 Å². The van der Waals surface area contributed by atoms with Crippen molar-refractivity contribution in [1.82, 2.24) is 0 Å². The van der Waals surface area contributed by atoms with E-state index < -0.39 is 0 Å². The Morgan fingerprint density at radius 1 is 1.36 bits per heavy atom. The molecule has 11 heavy (non-hydrogen) atoms. The fourth-order valence-electron chi connectivity index (χ4n) is 1.27. The molecule has 1 heterocycles. The third kappa shape index (κ3) is 1.84. The lowest BCUT2D eigenvalue weighted by atomic mass is 9.91. The Kier molecular flexibility index (Phi) is 2.38. The highest BCUT2D eigenvalue weighted by Gasteiger charge is 2.17. The summed E-state index contributed by atoms with van der Waals surface area (Å²) >= 11 is 1.88. The van der Waals surface area contributed by atoms with Gasteiger partial charge >= 0.3 is 0 Å². The van der Waals surface area contributed by atoms with Gasteiger partial charge in [0.1, 0.15) is 0 Å². The second kappa shape index (κ2) is 2.98. The van der Waals surface area contributed by atoms with E-state index in [0.29, 0.717) is 5.41 Å². The Labute approximate surface area is 73.3 Å². The van der Waals surface area contributed by atoms with E-state index in [1.165, 1.54) is 5.56 Å². The van der Waals surface area contributed by atoms with E-state index in [9.17, 15) is 0 Å². The lowest BCUT2D eigenvalue weighted by molar-refractivity contribution is 0.598. The van der Waals surface area contributed by atoms with E-state index in [4.69, 9.17) is 0 Å². The van der Waals surface area contributed by atoms with Crippen LogP contribution in [0.4, 0.5) is 0 Å². The van der Waals surface area contributed by atoms with Gasteiger partial charge in [-0.1, -0.05) is 27.7 Å². The number of hydrogen-bond donors (Lipinski definition) is 0. The summed E-state index contributed by atoms with van der Waals surface area (Å²) in [6, 6.07) is 2.24. The van der Waals surface area contributed by atoms with Crippen LogP contribution in [-0.4, -0.2) is 0 Å². The summed E-state index contributed by atoms with van der Waals surface area (Å²) in [5.41, 5.74) is 1.85.